The average molecular weight is 643 g/mol. The monoisotopic (exact) mass is 642 g/mol. The predicted molar refractivity (Wildman–Crippen MR) is 193 cm³/mol. The van der Waals surface area contributed by atoms with E-state index in [4.69, 9.17) is 23.4 Å². The van der Waals surface area contributed by atoms with Gasteiger partial charge in [-0.1, -0.05) is 165 Å². The van der Waals surface area contributed by atoms with E-state index in [1.165, 1.54) is 87.4 Å². The number of unbranched alkanes of at least 4 members (excludes halogenated alkanes) is 12. The molecule has 0 atom stereocenters. The van der Waals surface area contributed by atoms with Crippen molar-refractivity contribution >= 4 is 18.7 Å². The highest BCUT2D eigenvalue weighted by Gasteiger charge is 2.49. The largest absolute Gasteiger partial charge is 0.405 e. The van der Waals surface area contributed by atoms with Crippen molar-refractivity contribution in [3.05, 3.63) is 60.7 Å². The molecule has 2 aromatic carbocycles. The first-order valence-corrected chi connectivity index (χ1v) is 20.0. The second-order valence-electron chi connectivity index (χ2n) is 13.2. The van der Waals surface area contributed by atoms with Crippen LogP contribution < -0.4 is 10.4 Å². The lowest BCUT2D eigenvalue weighted by molar-refractivity contribution is -0.00518. The van der Waals surface area contributed by atoms with Gasteiger partial charge in [0.25, 0.3) is 8.32 Å². The van der Waals surface area contributed by atoms with E-state index in [1.807, 2.05) is 0 Å². The van der Waals surface area contributed by atoms with E-state index in [1.54, 1.807) is 0 Å². The number of ether oxygens (including phenoxy) is 4. The van der Waals surface area contributed by atoms with Crippen LogP contribution in [0.1, 0.15) is 111 Å². The first kappa shape index (κ1) is 39.6. The summed E-state index contributed by atoms with van der Waals surface area (Å²) in [5, 5.41) is 2.55. The summed E-state index contributed by atoms with van der Waals surface area (Å²) in [5.74, 6) is 0. The van der Waals surface area contributed by atoms with Crippen LogP contribution in [0.3, 0.4) is 0 Å². The van der Waals surface area contributed by atoms with Crippen LogP contribution in [0.15, 0.2) is 60.7 Å². The standard InChI is InChI=1S/C39H66O5Si/c1-5-6-7-8-9-10-11-12-13-14-15-16-23-28-40-29-30-41-31-32-42-33-34-43-35-36-44-45(39(2,3)4,37-24-19-17-20-25-37)38-26-21-18-22-27-38/h17-22,24-27H,5-16,23,28-36H2,1-4H3. The number of hydrogen-bond acceptors (Lipinski definition) is 5. The SMILES string of the molecule is CCCCCCCCCCCCCCCOCCOCCOCCOCCO[Si](c1ccccc1)(c1ccccc1)C(C)(C)C. The van der Waals surface area contributed by atoms with E-state index in [2.05, 4.69) is 88.4 Å². The molecule has 0 aromatic heterocycles. The van der Waals surface area contributed by atoms with Crippen molar-refractivity contribution in [1.82, 2.24) is 0 Å². The molecule has 0 aliphatic carbocycles. The van der Waals surface area contributed by atoms with Gasteiger partial charge in [0.15, 0.2) is 0 Å². The predicted octanol–water partition coefficient (Wildman–Crippen LogP) is 8.72. The maximum atomic E-state index is 6.86. The molecule has 0 spiro atoms. The lowest BCUT2D eigenvalue weighted by Gasteiger charge is -2.43. The molecule has 0 fully saturated rings. The Morgan fingerprint density at radius 1 is 0.422 bits per heavy atom. The minimum atomic E-state index is -2.51. The van der Waals surface area contributed by atoms with Crippen molar-refractivity contribution in [2.45, 2.75) is 116 Å². The third kappa shape index (κ3) is 16.7. The molecule has 0 bridgehead atoms. The van der Waals surface area contributed by atoms with Gasteiger partial charge in [0.1, 0.15) is 0 Å². The summed E-state index contributed by atoms with van der Waals surface area (Å²) in [6, 6.07) is 21.5. The van der Waals surface area contributed by atoms with Crippen LogP contribution in [0, 0.1) is 0 Å². The number of rotatable bonds is 29. The minimum Gasteiger partial charge on any atom is -0.405 e. The Balaban J connectivity index is 1.42. The molecule has 2 rings (SSSR count). The maximum absolute atomic E-state index is 6.86. The molecule has 0 aliphatic rings. The molecule has 6 heteroatoms. The van der Waals surface area contributed by atoms with Crippen LogP contribution >= 0.6 is 0 Å². The molecule has 0 amide bonds. The van der Waals surface area contributed by atoms with Crippen molar-refractivity contribution in [3.63, 3.8) is 0 Å². The van der Waals surface area contributed by atoms with Gasteiger partial charge in [-0.15, -0.1) is 0 Å². The highest BCUT2D eigenvalue weighted by molar-refractivity contribution is 6.99. The van der Waals surface area contributed by atoms with Gasteiger partial charge in [0, 0.05) is 6.61 Å². The molecular formula is C39H66O5Si. The van der Waals surface area contributed by atoms with Crippen molar-refractivity contribution < 1.29 is 23.4 Å². The fraction of sp³-hybridized carbons (Fsp3) is 0.692. The van der Waals surface area contributed by atoms with E-state index in [0.29, 0.717) is 52.9 Å². The lowest BCUT2D eigenvalue weighted by Crippen LogP contribution is -2.66. The number of benzene rings is 2. The second kappa shape index (κ2) is 25.5. The van der Waals surface area contributed by atoms with Crippen LogP contribution in [-0.2, 0) is 23.4 Å². The molecule has 0 saturated heterocycles. The molecule has 5 nitrogen and oxygen atoms in total. The zero-order valence-corrected chi connectivity index (χ0v) is 30.4. The summed E-state index contributed by atoms with van der Waals surface area (Å²) in [6.45, 7) is 14.6. The highest BCUT2D eigenvalue weighted by atomic mass is 28.4. The van der Waals surface area contributed by atoms with E-state index >= 15 is 0 Å². The maximum Gasteiger partial charge on any atom is 0.261 e. The molecule has 256 valence electrons. The van der Waals surface area contributed by atoms with Gasteiger partial charge in [0.2, 0.25) is 0 Å². The van der Waals surface area contributed by atoms with Crippen molar-refractivity contribution in [2.24, 2.45) is 0 Å². The molecule has 0 unspecified atom stereocenters. The summed E-state index contributed by atoms with van der Waals surface area (Å²) in [5.41, 5.74) is 0. The van der Waals surface area contributed by atoms with Crippen LogP contribution in [0.5, 0.6) is 0 Å². The minimum absolute atomic E-state index is 0.0317. The third-order valence-electron chi connectivity index (χ3n) is 8.47. The zero-order chi connectivity index (χ0) is 32.3. The summed E-state index contributed by atoms with van der Waals surface area (Å²) in [6.07, 6.45) is 17.9. The fourth-order valence-electron chi connectivity index (χ4n) is 6.00. The van der Waals surface area contributed by atoms with Gasteiger partial charge >= 0.3 is 0 Å². The Kier molecular flexibility index (Phi) is 22.5. The Hall–Kier alpha value is -1.54. The quantitative estimate of drug-likeness (QED) is 0.0656. The molecule has 45 heavy (non-hydrogen) atoms. The molecule has 0 saturated carbocycles. The summed E-state index contributed by atoms with van der Waals surface area (Å²) >= 11 is 0. The van der Waals surface area contributed by atoms with Gasteiger partial charge < -0.3 is 23.4 Å². The lowest BCUT2D eigenvalue weighted by atomic mass is 10.0. The topological polar surface area (TPSA) is 46.2 Å². The van der Waals surface area contributed by atoms with Crippen molar-refractivity contribution in [3.8, 4) is 0 Å². The Morgan fingerprint density at radius 2 is 0.756 bits per heavy atom. The van der Waals surface area contributed by atoms with Crippen LogP contribution in [0.2, 0.25) is 5.04 Å². The summed E-state index contributed by atoms with van der Waals surface area (Å²) in [4.78, 5) is 0. The van der Waals surface area contributed by atoms with E-state index in [0.717, 1.165) is 13.0 Å². The first-order chi connectivity index (χ1) is 22.0. The van der Waals surface area contributed by atoms with Gasteiger partial charge in [0.05, 0.1) is 52.9 Å². The summed E-state index contributed by atoms with van der Waals surface area (Å²) < 4.78 is 29.8. The number of hydrogen-bond donors (Lipinski definition) is 0. The first-order valence-electron chi connectivity index (χ1n) is 18.1. The van der Waals surface area contributed by atoms with Gasteiger partial charge in [-0.2, -0.15) is 0 Å². The second-order valence-corrected chi connectivity index (χ2v) is 17.5. The summed E-state index contributed by atoms with van der Waals surface area (Å²) in [7, 11) is -2.51. The molecule has 0 N–H and O–H groups in total. The molecule has 0 heterocycles. The fourth-order valence-corrected chi connectivity index (χ4v) is 10.5. The van der Waals surface area contributed by atoms with Crippen LogP contribution in [0.4, 0.5) is 0 Å². The Morgan fingerprint density at radius 3 is 1.13 bits per heavy atom. The Bertz CT molecular complexity index is 879. The van der Waals surface area contributed by atoms with Crippen LogP contribution in [-0.4, -0.2) is 67.8 Å². The van der Waals surface area contributed by atoms with Crippen molar-refractivity contribution in [2.75, 3.05) is 59.5 Å². The van der Waals surface area contributed by atoms with E-state index in [9.17, 15) is 0 Å². The smallest absolute Gasteiger partial charge is 0.261 e. The Labute approximate surface area is 277 Å². The van der Waals surface area contributed by atoms with Gasteiger partial charge in [-0.3, -0.25) is 0 Å². The molecule has 0 radical (unpaired) electrons. The highest BCUT2D eigenvalue weighted by Crippen LogP contribution is 2.36. The van der Waals surface area contributed by atoms with E-state index in [-0.39, 0.29) is 5.04 Å². The van der Waals surface area contributed by atoms with Crippen molar-refractivity contribution in [1.29, 1.82) is 0 Å². The zero-order valence-electron chi connectivity index (χ0n) is 29.4. The van der Waals surface area contributed by atoms with Gasteiger partial charge in [-0.25, -0.2) is 0 Å². The molecular weight excluding hydrogens is 577 g/mol. The van der Waals surface area contributed by atoms with Crippen LogP contribution in [0.25, 0.3) is 0 Å². The van der Waals surface area contributed by atoms with Gasteiger partial charge in [-0.05, 0) is 21.8 Å². The third-order valence-corrected chi connectivity index (χ3v) is 13.5. The van der Waals surface area contributed by atoms with E-state index < -0.39 is 8.32 Å². The normalized spacial score (nSPS) is 12.2. The molecule has 2 aromatic rings. The average Bonchev–Trinajstić information content (AvgIpc) is 3.05. The molecule has 0 aliphatic heterocycles.